The lowest BCUT2D eigenvalue weighted by molar-refractivity contribution is -0.144. The first kappa shape index (κ1) is 27.9. The van der Waals surface area contributed by atoms with E-state index in [4.69, 9.17) is 10.8 Å². The van der Waals surface area contributed by atoms with Gasteiger partial charge in [-0.15, -0.1) is 0 Å². The van der Waals surface area contributed by atoms with E-state index in [2.05, 4.69) is 25.9 Å². The third kappa shape index (κ3) is 8.81. The number of carbonyl (C=O) groups excluding carboxylic acids is 3. The van der Waals surface area contributed by atoms with Crippen molar-refractivity contribution in [1.82, 2.24) is 25.9 Å². The fraction of sp³-hybridized carbons (Fsp3) is 0.364. The molecule has 0 radical (unpaired) electrons. The molecule has 36 heavy (non-hydrogen) atoms. The van der Waals surface area contributed by atoms with Crippen LogP contribution < -0.4 is 21.7 Å². The van der Waals surface area contributed by atoms with Gasteiger partial charge in [0, 0.05) is 24.7 Å². The van der Waals surface area contributed by atoms with Gasteiger partial charge in [0.15, 0.2) is 0 Å². The van der Waals surface area contributed by atoms with Crippen molar-refractivity contribution in [2.24, 2.45) is 5.73 Å². The number of amides is 3. The minimum atomic E-state index is -1.62. The second-order valence-corrected chi connectivity index (χ2v) is 7.88. The molecule has 0 fully saturated rings. The molecule has 0 bridgehead atoms. The summed E-state index contributed by atoms with van der Waals surface area (Å²) >= 11 is 0. The van der Waals surface area contributed by atoms with Gasteiger partial charge >= 0.3 is 11.9 Å². The molecule has 2 rings (SSSR count). The Balaban J connectivity index is 2.17. The highest BCUT2D eigenvalue weighted by Gasteiger charge is 2.31. The summed E-state index contributed by atoms with van der Waals surface area (Å²) in [5.74, 6) is -5.61. The first-order valence-electron chi connectivity index (χ1n) is 10.8. The highest BCUT2D eigenvalue weighted by Crippen LogP contribution is 2.06. The zero-order valence-electron chi connectivity index (χ0n) is 19.1. The maximum Gasteiger partial charge on any atom is 0.328 e. The molecule has 194 valence electrons. The van der Waals surface area contributed by atoms with Gasteiger partial charge in [-0.2, -0.15) is 0 Å². The zero-order valence-corrected chi connectivity index (χ0v) is 19.1. The van der Waals surface area contributed by atoms with Crippen LogP contribution in [0, 0.1) is 0 Å². The van der Waals surface area contributed by atoms with E-state index in [0.717, 1.165) is 0 Å². The van der Waals surface area contributed by atoms with Crippen LogP contribution in [0.5, 0.6) is 0 Å². The number of hydrogen-bond acceptors (Lipinski definition) is 8. The number of carboxylic acid groups (broad SMARTS) is 2. The van der Waals surface area contributed by atoms with Gasteiger partial charge in [-0.05, 0) is 5.56 Å². The number of aromatic amines is 1. The van der Waals surface area contributed by atoms with Gasteiger partial charge in [0.25, 0.3) is 0 Å². The lowest BCUT2D eigenvalue weighted by Gasteiger charge is -2.24. The minimum absolute atomic E-state index is 0.0457. The highest BCUT2D eigenvalue weighted by molar-refractivity contribution is 5.95. The van der Waals surface area contributed by atoms with Crippen LogP contribution >= 0.6 is 0 Å². The van der Waals surface area contributed by atoms with Crippen LogP contribution in [0.3, 0.4) is 0 Å². The molecule has 0 saturated carbocycles. The Hall–Kier alpha value is -4.30. The van der Waals surface area contributed by atoms with Crippen LogP contribution in [0.2, 0.25) is 0 Å². The fourth-order valence-corrected chi connectivity index (χ4v) is 3.18. The summed E-state index contributed by atoms with van der Waals surface area (Å²) in [6, 6.07) is 2.76. The topological polar surface area (TPSA) is 237 Å². The van der Waals surface area contributed by atoms with Gasteiger partial charge in [-0.25, -0.2) is 9.78 Å². The van der Waals surface area contributed by atoms with Crippen molar-refractivity contribution < 1.29 is 39.3 Å². The number of benzene rings is 1. The number of aliphatic hydroxyl groups is 1. The molecule has 9 N–H and O–H groups in total. The Kier molecular flexibility index (Phi) is 10.5. The predicted molar refractivity (Wildman–Crippen MR) is 123 cm³/mol. The highest BCUT2D eigenvalue weighted by atomic mass is 16.4. The third-order valence-corrected chi connectivity index (χ3v) is 5.06. The SMILES string of the molecule is NC(Cc1cnc[nH]1)C(=O)NC(CC(=O)O)C(=O)NC(Cc1ccccc1)C(=O)NC(CO)C(=O)O. The Morgan fingerprint density at radius 1 is 0.889 bits per heavy atom. The number of carboxylic acids is 2. The molecule has 1 aromatic heterocycles. The number of aromatic nitrogens is 2. The number of nitrogens with two attached hydrogens (primary N) is 1. The standard InChI is InChI=1S/C22H28N6O8/c23-14(7-13-9-24-11-25-13)19(32)26-16(8-18(30)31)21(34)27-15(6-12-4-2-1-3-5-12)20(33)28-17(10-29)22(35)36/h1-5,9,11,14-17,29H,6-8,10,23H2,(H,24,25)(H,26,32)(H,27,34)(H,28,33)(H,30,31)(H,35,36). The largest absolute Gasteiger partial charge is 0.481 e. The average molecular weight is 505 g/mol. The Bertz CT molecular complexity index is 1050. The van der Waals surface area contributed by atoms with Crippen molar-refractivity contribution in [1.29, 1.82) is 0 Å². The number of carbonyl (C=O) groups is 5. The molecule has 0 aliphatic heterocycles. The van der Waals surface area contributed by atoms with Crippen molar-refractivity contribution in [2.75, 3.05) is 6.61 Å². The van der Waals surface area contributed by atoms with E-state index in [1.54, 1.807) is 30.3 Å². The Labute approximate surface area is 205 Å². The summed E-state index contributed by atoms with van der Waals surface area (Å²) < 4.78 is 0. The van der Waals surface area contributed by atoms with Gasteiger partial charge in [-0.1, -0.05) is 30.3 Å². The van der Waals surface area contributed by atoms with E-state index >= 15 is 0 Å². The van der Waals surface area contributed by atoms with Crippen LogP contribution in [0.1, 0.15) is 17.7 Å². The smallest absolute Gasteiger partial charge is 0.328 e. The summed E-state index contributed by atoms with van der Waals surface area (Å²) in [5, 5.41) is 34.3. The molecule has 14 heteroatoms. The number of nitrogens with zero attached hydrogens (tertiary/aromatic N) is 1. The maximum atomic E-state index is 13.0. The molecule has 4 unspecified atom stereocenters. The van der Waals surface area contributed by atoms with Gasteiger partial charge in [0.2, 0.25) is 17.7 Å². The maximum absolute atomic E-state index is 13.0. The fourth-order valence-electron chi connectivity index (χ4n) is 3.18. The van der Waals surface area contributed by atoms with Crippen molar-refractivity contribution in [3.05, 3.63) is 54.1 Å². The van der Waals surface area contributed by atoms with Crippen molar-refractivity contribution >= 4 is 29.7 Å². The second-order valence-electron chi connectivity index (χ2n) is 7.88. The molecular weight excluding hydrogens is 476 g/mol. The quantitative estimate of drug-likeness (QED) is 0.135. The van der Waals surface area contributed by atoms with E-state index in [0.29, 0.717) is 11.3 Å². The number of imidazole rings is 1. The lowest BCUT2D eigenvalue weighted by atomic mass is 10.0. The van der Waals surface area contributed by atoms with E-state index in [-0.39, 0.29) is 12.8 Å². The normalized spacial score (nSPS) is 14.1. The minimum Gasteiger partial charge on any atom is -0.481 e. The molecule has 3 amide bonds. The first-order valence-corrected chi connectivity index (χ1v) is 10.8. The predicted octanol–water partition coefficient (Wildman–Crippen LogP) is -2.47. The zero-order chi connectivity index (χ0) is 26.7. The lowest BCUT2D eigenvalue weighted by Crippen LogP contribution is -2.58. The number of nitrogens with one attached hydrogen (secondary N) is 4. The second kappa shape index (κ2) is 13.6. The van der Waals surface area contributed by atoms with Crippen LogP contribution in [0.4, 0.5) is 0 Å². The number of hydrogen-bond donors (Lipinski definition) is 8. The van der Waals surface area contributed by atoms with Crippen molar-refractivity contribution in [3.63, 3.8) is 0 Å². The van der Waals surface area contributed by atoms with E-state index < -0.39 is 66.9 Å². The summed E-state index contributed by atoms with van der Waals surface area (Å²) in [5.41, 5.74) is 7.01. The van der Waals surface area contributed by atoms with Crippen LogP contribution in [-0.2, 0) is 36.8 Å². The van der Waals surface area contributed by atoms with Crippen molar-refractivity contribution in [3.8, 4) is 0 Å². The number of rotatable bonds is 14. The Morgan fingerprint density at radius 3 is 2.06 bits per heavy atom. The summed E-state index contributed by atoms with van der Waals surface area (Å²) in [7, 11) is 0. The average Bonchev–Trinajstić information content (AvgIpc) is 3.34. The summed E-state index contributed by atoms with van der Waals surface area (Å²) in [4.78, 5) is 67.4. The number of H-pyrrole nitrogens is 1. The molecule has 4 atom stereocenters. The molecular formula is C22H28N6O8. The number of aliphatic carboxylic acids is 2. The van der Waals surface area contributed by atoms with E-state index in [1.807, 2.05) is 0 Å². The van der Waals surface area contributed by atoms with Crippen LogP contribution in [-0.4, -0.2) is 85.7 Å². The molecule has 2 aromatic rings. The monoisotopic (exact) mass is 504 g/mol. The molecule has 14 nitrogen and oxygen atoms in total. The van der Waals surface area contributed by atoms with Gasteiger partial charge in [0.05, 0.1) is 25.4 Å². The molecule has 1 aromatic carbocycles. The molecule has 0 aliphatic rings. The molecule has 0 aliphatic carbocycles. The van der Waals surface area contributed by atoms with Gasteiger partial charge in [-0.3, -0.25) is 19.2 Å². The number of aliphatic hydroxyl groups excluding tert-OH is 1. The summed E-state index contributed by atoms with van der Waals surface area (Å²) in [6.45, 7) is -0.890. The summed E-state index contributed by atoms with van der Waals surface area (Å²) in [6.07, 6.45) is 2.01. The molecule has 0 saturated heterocycles. The van der Waals surface area contributed by atoms with Gasteiger partial charge < -0.3 is 42.0 Å². The van der Waals surface area contributed by atoms with Crippen LogP contribution in [0.25, 0.3) is 0 Å². The third-order valence-electron chi connectivity index (χ3n) is 5.06. The van der Waals surface area contributed by atoms with E-state index in [9.17, 15) is 34.2 Å². The first-order chi connectivity index (χ1) is 17.1. The van der Waals surface area contributed by atoms with Crippen molar-refractivity contribution in [2.45, 2.75) is 43.4 Å². The van der Waals surface area contributed by atoms with Crippen LogP contribution in [0.15, 0.2) is 42.9 Å². The Morgan fingerprint density at radius 2 is 1.50 bits per heavy atom. The molecule has 1 heterocycles. The van der Waals surface area contributed by atoms with E-state index in [1.165, 1.54) is 12.5 Å². The molecule has 0 spiro atoms. The van der Waals surface area contributed by atoms with Gasteiger partial charge in [0.1, 0.15) is 18.1 Å².